The van der Waals surface area contributed by atoms with E-state index < -0.39 is 0 Å². The smallest absolute Gasteiger partial charge is 0.0965 e. The molecule has 0 amide bonds. The number of hydrogen-bond donors (Lipinski definition) is 1. The highest BCUT2D eigenvalue weighted by atomic mass is 15.1. The molecule has 0 bridgehead atoms. The topological polar surface area (TPSA) is 39.1 Å². The normalized spacial score (nSPS) is 17.0. The fourth-order valence-corrected chi connectivity index (χ4v) is 2.78. The number of nitrogens with one attached hydrogen (secondary N) is 1. The van der Waals surface area contributed by atoms with E-state index in [4.69, 9.17) is 5.26 Å². The average Bonchev–Trinajstić information content (AvgIpc) is 2.70. The fraction of sp³-hybridized carbons (Fsp3) is 0.588. The summed E-state index contributed by atoms with van der Waals surface area (Å²) < 4.78 is 0. The predicted molar refractivity (Wildman–Crippen MR) is 82.6 cm³/mol. The lowest BCUT2D eigenvalue weighted by molar-refractivity contribution is 0.275. The van der Waals surface area contributed by atoms with Gasteiger partial charge in [0.15, 0.2) is 0 Å². The molecule has 1 atom stereocenters. The van der Waals surface area contributed by atoms with Gasteiger partial charge < -0.3 is 10.2 Å². The van der Waals surface area contributed by atoms with E-state index in [9.17, 15) is 0 Å². The Kier molecular flexibility index (Phi) is 6.04. The first-order chi connectivity index (χ1) is 9.83. The van der Waals surface area contributed by atoms with E-state index in [0.717, 1.165) is 51.9 Å². The summed E-state index contributed by atoms with van der Waals surface area (Å²) in [5.41, 5.74) is 2.99. The largest absolute Gasteiger partial charge is 0.303 e. The number of rotatable bonds is 6. The van der Waals surface area contributed by atoms with Gasteiger partial charge in [-0.2, -0.15) is 5.26 Å². The van der Waals surface area contributed by atoms with Crippen LogP contribution in [0.25, 0.3) is 0 Å². The van der Waals surface area contributed by atoms with Gasteiger partial charge in [-0.05, 0) is 43.4 Å². The summed E-state index contributed by atoms with van der Waals surface area (Å²) in [6, 6.07) is 11.1. The molecular formula is C17H25N3. The Labute approximate surface area is 122 Å². The first-order valence-electron chi connectivity index (χ1n) is 7.75. The van der Waals surface area contributed by atoms with Crippen LogP contribution >= 0.6 is 0 Å². The van der Waals surface area contributed by atoms with Crippen molar-refractivity contribution in [2.75, 3.05) is 26.2 Å². The van der Waals surface area contributed by atoms with Crippen LogP contribution in [-0.4, -0.2) is 37.1 Å². The van der Waals surface area contributed by atoms with Crippen molar-refractivity contribution >= 4 is 0 Å². The molecule has 1 heterocycles. The summed E-state index contributed by atoms with van der Waals surface area (Å²) in [4.78, 5) is 2.50. The molecule has 1 aliphatic heterocycles. The quantitative estimate of drug-likeness (QED) is 0.863. The number of hydrogen-bond acceptors (Lipinski definition) is 3. The molecule has 108 valence electrons. The monoisotopic (exact) mass is 271 g/mol. The Hall–Kier alpha value is -1.37. The standard InChI is InChI=1S/C17H25N3/c1-2-10-19-17(14-18)9-13-20-11-7-15-5-3-4-6-16(15)8-12-20/h3-6,17,19H,2,7-13H2,1H3. The Morgan fingerprint density at radius 1 is 1.25 bits per heavy atom. The van der Waals surface area contributed by atoms with Gasteiger partial charge in [0, 0.05) is 19.6 Å². The van der Waals surface area contributed by atoms with Crippen LogP contribution in [0.5, 0.6) is 0 Å². The third-order valence-electron chi connectivity index (χ3n) is 4.04. The van der Waals surface area contributed by atoms with Crippen molar-refractivity contribution in [3.63, 3.8) is 0 Å². The summed E-state index contributed by atoms with van der Waals surface area (Å²) in [7, 11) is 0. The number of fused-ring (bicyclic) bond motifs is 1. The second-order valence-corrected chi connectivity index (χ2v) is 5.53. The van der Waals surface area contributed by atoms with Crippen molar-refractivity contribution in [3.8, 4) is 6.07 Å². The van der Waals surface area contributed by atoms with Crippen LogP contribution in [0.2, 0.25) is 0 Å². The van der Waals surface area contributed by atoms with Gasteiger partial charge in [0.2, 0.25) is 0 Å². The Morgan fingerprint density at radius 3 is 2.45 bits per heavy atom. The van der Waals surface area contributed by atoms with Crippen LogP contribution in [0.1, 0.15) is 30.9 Å². The Morgan fingerprint density at radius 2 is 1.90 bits per heavy atom. The molecule has 0 radical (unpaired) electrons. The van der Waals surface area contributed by atoms with Crippen LogP contribution in [0.3, 0.4) is 0 Å². The highest BCUT2D eigenvalue weighted by molar-refractivity contribution is 5.28. The molecule has 0 fully saturated rings. The van der Waals surface area contributed by atoms with E-state index in [0.29, 0.717) is 0 Å². The molecule has 1 aliphatic rings. The molecule has 3 heteroatoms. The second-order valence-electron chi connectivity index (χ2n) is 5.53. The molecular weight excluding hydrogens is 246 g/mol. The van der Waals surface area contributed by atoms with Crippen LogP contribution in [0.4, 0.5) is 0 Å². The van der Waals surface area contributed by atoms with Crippen molar-refractivity contribution in [1.29, 1.82) is 5.26 Å². The molecule has 0 aliphatic carbocycles. The fourth-order valence-electron chi connectivity index (χ4n) is 2.78. The van der Waals surface area contributed by atoms with Gasteiger partial charge in [0.1, 0.15) is 0 Å². The lowest BCUT2D eigenvalue weighted by atomic mass is 10.0. The maximum absolute atomic E-state index is 9.15. The molecule has 0 saturated carbocycles. The minimum absolute atomic E-state index is 0.000536. The minimum atomic E-state index is 0.000536. The lowest BCUT2D eigenvalue weighted by Crippen LogP contribution is -2.35. The molecule has 1 aromatic carbocycles. The third-order valence-corrected chi connectivity index (χ3v) is 4.04. The van der Waals surface area contributed by atoms with Gasteiger partial charge >= 0.3 is 0 Å². The van der Waals surface area contributed by atoms with Crippen molar-refractivity contribution < 1.29 is 0 Å². The van der Waals surface area contributed by atoms with Crippen molar-refractivity contribution in [3.05, 3.63) is 35.4 Å². The van der Waals surface area contributed by atoms with E-state index in [1.165, 1.54) is 11.1 Å². The van der Waals surface area contributed by atoms with Crippen LogP contribution in [0.15, 0.2) is 24.3 Å². The maximum atomic E-state index is 9.15. The summed E-state index contributed by atoms with van der Waals surface area (Å²) in [6.45, 7) is 6.31. The molecule has 1 unspecified atom stereocenters. The highest BCUT2D eigenvalue weighted by Crippen LogP contribution is 2.15. The van der Waals surface area contributed by atoms with Crippen LogP contribution in [0, 0.1) is 11.3 Å². The van der Waals surface area contributed by atoms with Gasteiger partial charge in [-0.15, -0.1) is 0 Å². The lowest BCUT2D eigenvalue weighted by Gasteiger charge is -2.21. The SMILES string of the molecule is CCCNC(C#N)CCN1CCc2ccccc2CC1. The van der Waals surface area contributed by atoms with Gasteiger partial charge in [-0.1, -0.05) is 31.2 Å². The molecule has 1 aromatic rings. The molecule has 3 nitrogen and oxygen atoms in total. The minimum Gasteiger partial charge on any atom is -0.303 e. The van der Waals surface area contributed by atoms with Crippen LogP contribution < -0.4 is 5.32 Å². The van der Waals surface area contributed by atoms with Gasteiger partial charge in [-0.3, -0.25) is 0 Å². The van der Waals surface area contributed by atoms with Gasteiger partial charge in [0.25, 0.3) is 0 Å². The molecule has 0 saturated heterocycles. The first kappa shape index (κ1) is 15.0. The predicted octanol–water partition coefficient (Wildman–Crippen LogP) is 2.37. The Balaban J connectivity index is 1.80. The molecule has 0 spiro atoms. The second kappa shape index (κ2) is 8.04. The third kappa shape index (κ3) is 4.33. The Bertz CT molecular complexity index is 423. The average molecular weight is 271 g/mol. The summed E-state index contributed by atoms with van der Waals surface area (Å²) in [6.07, 6.45) is 4.27. The number of nitriles is 1. The van der Waals surface area contributed by atoms with Gasteiger partial charge in [-0.25, -0.2) is 0 Å². The van der Waals surface area contributed by atoms with Crippen molar-refractivity contribution in [2.24, 2.45) is 0 Å². The summed E-state index contributed by atoms with van der Waals surface area (Å²) in [5, 5.41) is 12.5. The highest BCUT2D eigenvalue weighted by Gasteiger charge is 2.15. The maximum Gasteiger partial charge on any atom is 0.0965 e. The van der Waals surface area contributed by atoms with Crippen molar-refractivity contribution in [1.82, 2.24) is 10.2 Å². The number of benzene rings is 1. The molecule has 0 aromatic heterocycles. The molecule has 1 N–H and O–H groups in total. The van der Waals surface area contributed by atoms with E-state index in [-0.39, 0.29) is 6.04 Å². The van der Waals surface area contributed by atoms with E-state index in [2.05, 4.69) is 47.5 Å². The first-order valence-corrected chi connectivity index (χ1v) is 7.75. The van der Waals surface area contributed by atoms with E-state index in [1.54, 1.807) is 0 Å². The van der Waals surface area contributed by atoms with E-state index >= 15 is 0 Å². The van der Waals surface area contributed by atoms with Gasteiger partial charge in [0.05, 0.1) is 12.1 Å². The summed E-state index contributed by atoms with van der Waals surface area (Å²) >= 11 is 0. The summed E-state index contributed by atoms with van der Waals surface area (Å²) in [5.74, 6) is 0. The molecule has 2 rings (SSSR count). The number of nitrogens with zero attached hydrogens (tertiary/aromatic N) is 2. The van der Waals surface area contributed by atoms with Crippen LogP contribution in [-0.2, 0) is 12.8 Å². The zero-order chi connectivity index (χ0) is 14.2. The zero-order valence-electron chi connectivity index (χ0n) is 12.4. The molecule has 20 heavy (non-hydrogen) atoms. The zero-order valence-corrected chi connectivity index (χ0v) is 12.4. The van der Waals surface area contributed by atoms with E-state index in [1.807, 2.05) is 0 Å². The van der Waals surface area contributed by atoms with Crippen molar-refractivity contribution in [2.45, 2.75) is 38.6 Å².